The Morgan fingerprint density at radius 2 is 1.86 bits per heavy atom. The van der Waals surface area contributed by atoms with Crippen LogP contribution in [0.3, 0.4) is 0 Å². The Morgan fingerprint density at radius 1 is 1.10 bits per heavy atom. The summed E-state index contributed by atoms with van der Waals surface area (Å²) >= 11 is 1.59. The number of aromatic nitrogens is 2. The van der Waals surface area contributed by atoms with Crippen LogP contribution in [0.2, 0.25) is 0 Å². The number of aryl methyl sites for hydroxylation is 1. The van der Waals surface area contributed by atoms with Gasteiger partial charge in [0.05, 0.1) is 5.39 Å². The second kappa shape index (κ2) is 8.69. The molecule has 0 bridgehead atoms. The number of thiophene rings is 1. The number of alkyl halides is 2. The van der Waals surface area contributed by atoms with Gasteiger partial charge in [0.2, 0.25) is 5.91 Å². The molecule has 0 aliphatic carbocycles. The summed E-state index contributed by atoms with van der Waals surface area (Å²) in [6.45, 7) is -0.0781. The van der Waals surface area contributed by atoms with Crippen molar-refractivity contribution in [3.05, 3.63) is 47.6 Å². The molecule has 0 atom stereocenters. The molecule has 152 valence electrons. The maximum absolute atomic E-state index is 12.6. The molecule has 1 aromatic carbocycles. The van der Waals surface area contributed by atoms with Gasteiger partial charge < -0.3 is 14.5 Å². The fraction of sp³-hybridized carbons (Fsp3) is 0.350. The topological polar surface area (TPSA) is 58.6 Å². The summed E-state index contributed by atoms with van der Waals surface area (Å²) < 4.78 is 28.7. The number of anilines is 1. The molecule has 1 saturated heterocycles. The van der Waals surface area contributed by atoms with Gasteiger partial charge in [0.15, 0.2) is 0 Å². The van der Waals surface area contributed by atoms with Crippen molar-refractivity contribution in [3.8, 4) is 5.75 Å². The summed E-state index contributed by atoms with van der Waals surface area (Å²) in [6, 6.07) is 8.45. The molecule has 29 heavy (non-hydrogen) atoms. The number of piperazine rings is 1. The van der Waals surface area contributed by atoms with Gasteiger partial charge in [-0.3, -0.25) is 4.79 Å². The van der Waals surface area contributed by atoms with Gasteiger partial charge in [0.25, 0.3) is 0 Å². The predicted octanol–water partition coefficient (Wildman–Crippen LogP) is 3.57. The van der Waals surface area contributed by atoms with E-state index >= 15 is 0 Å². The van der Waals surface area contributed by atoms with Crippen molar-refractivity contribution in [2.24, 2.45) is 0 Å². The lowest BCUT2D eigenvalue weighted by atomic mass is 10.1. The SMILES string of the molecule is O=C(CCc1ccc(OC(F)F)cc1)N1CCN(c2ncnc3sccc23)CC1. The zero-order chi connectivity index (χ0) is 20.2. The predicted molar refractivity (Wildman–Crippen MR) is 108 cm³/mol. The third-order valence-electron chi connectivity index (χ3n) is 4.95. The van der Waals surface area contributed by atoms with Gasteiger partial charge >= 0.3 is 6.61 Å². The Kier molecular flexibility index (Phi) is 5.84. The Balaban J connectivity index is 1.28. The second-order valence-electron chi connectivity index (χ2n) is 6.73. The summed E-state index contributed by atoms with van der Waals surface area (Å²) in [4.78, 5) is 26.3. The van der Waals surface area contributed by atoms with E-state index in [0.717, 1.165) is 34.7 Å². The number of carbonyl (C=O) groups is 1. The molecule has 0 radical (unpaired) electrons. The number of halogens is 2. The molecule has 3 heterocycles. The van der Waals surface area contributed by atoms with Crippen molar-refractivity contribution in [2.45, 2.75) is 19.5 Å². The van der Waals surface area contributed by atoms with E-state index in [2.05, 4.69) is 19.6 Å². The fourth-order valence-electron chi connectivity index (χ4n) is 3.44. The number of ether oxygens (including phenoxy) is 1. The minimum absolute atomic E-state index is 0.0981. The molecule has 2 aromatic heterocycles. The maximum Gasteiger partial charge on any atom is 0.387 e. The van der Waals surface area contributed by atoms with Crippen LogP contribution in [-0.2, 0) is 11.2 Å². The van der Waals surface area contributed by atoms with Crippen LogP contribution in [-0.4, -0.2) is 53.6 Å². The van der Waals surface area contributed by atoms with E-state index in [-0.39, 0.29) is 11.7 Å². The Labute approximate surface area is 170 Å². The van der Waals surface area contributed by atoms with Crippen LogP contribution in [0.1, 0.15) is 12.0 Å². The highest BCUT2D eigenvalue weighted by Crippen LogP contribution is 2.27. The third-order valence-corrected chi connectivity index (χ3v) is 5.77. The largest absolute Gasteiger partial charge is 0.435 e. The van der Waals surface area contributed by atoms with E-state index < -0.39 is 6.61 Å². The number of carbonyl (C=O) groups excluding carboxylic acids is 1. The smallest absolute Gasteiger partial charge is 0.387 e. The van der Waals surface area contributed by atoms with Gasteiger partial charge in [-0.25, -0.2) is 9.97 Å². The molecule has 9 heteroatoms. The van der Waals surface area contributed by atoms with Crippen molar-refractivity contribution in [3.63, 3.8) is 0 Å². The number of hydrogen-bond donors (Lipinski definition) is 0. The molecule has 1 aliphatic rings. The van der Waals surface area contributed by atoms with Gasteiger partial charge in [0, 0.05) is 32.6 Å². The van der Waals surface area contributed by atoms with Crippen LogP contribution in [0.4, 0.5) is 14.6 Å². The maximum atomic E-state index is 12.6. The summed E-state index contributed by atoms with van der Waals surface area (Å²) in [5.74, 6) is 1.14. The lowest BCUT2D eigenvalue weighted by Gasteiger charge is -2.35. The van der Waals surface area contributed by atoms with E-state index in [4.69, 9.17) is 0 Å². The molecule has 6 nitrogen and oxygen atoms in total. The zero-order valence-corrected chi connectivity index (χ0v) is 16.4. The molecule has 0 saturated carbocycles. The van der Waals surface area contributed by atoms with E-state index in [1.165, 1.54) is 12.1 Å². The molecule has 1 amide bonds. The van der Waals surface area contributed by atoms with Crippen LogP contribution in [0.5, 0.6) is 5.75 Å². The highest BCUT2D eigenvalue weighted by molar-refractivity contribution is 7.16. The van der Waals surface area contributed by atoms with Gasteiger partial charge in [-0.2, -0.15) is 8.78 Å². The van der Waals surface area contributed by atoms with Gasteiger partial charge in [0.1, 0.15) is 22.7 Å². The molecule has 1 fully saturated rings. The number of rotatable bonds is 6. The normalized spacial score (nSPS) is 14.6. The highest BCUT2D eigenvalue weighted by atomic mass is 32.1. The molecule has 4 rings (SSSR count). The molecule has 0 spiro atoms. The summed E-state index contributed by atoms with van der Waals surface area (Å²) in [5, 5.41) is 3.06. The second-order valence-corrected chi connectivity index (χ2v) is 7.62. The third kappa shape index (κ3) is 4.61. The van der Waals surface area contributed by atoms with Crippen molar-refractivity contribution in [2.75, 3.05) is 31.1 Å². The van der Waals surface area contributed by atoms with Crippen molar-refractivity contribution < 1.29 is 18.3 Å². The molecular formula is C20H20F2N4O2S. The number of hydrogen-bond acceptors (Lipinski definition) is 6. The molecule has 1 aliphatic heterocycles. The van der Waals surface area contributed by atoms with Crippen LogP contribution >= 0.6 is 11.3 Å². The monoisotopic (exact) mass is 418 g/mol. The van der Waals surface area contributed by atoms with Crippen LogP contribution < -0.4 is 9.64 Å². The lowest BCUT2D eigenvalue weighted by molar-refractivity contribution is -0.131. The standard InChI is InChI=1S/C20H20F2N4O2S/c21-20(22)28-15-4-1-14(2-5-15)3-6-17(27)25-8-10-26(11-9-25)18-16-7-12-29-19(16)24-13-23-18/h1-2,4-5,7,12-13,20H,3,6,8-11H2. The van der Waals surface area contributed by atoms with Gasteiger partial charge in [-0.15, -0.1) is 11.3 Å². The minimum Gasteiger partial charge on any atom is -0.435 e. The first-order chi connectivity index (χ1) is 14.1. The van der Waals surface area contributed by atoms with E-state index in [1.54, 1.807) is 29.8 Å². The van der Waals surface area contributed by atoms with Crippen LogP contribution in [0.25, 0.3) is 10.2 Å². The lowest BCUT2D eigenvalue weighted by Crippen LogP contribution is -2.49. The van der Waals surface area contributed by atoms with Crippen LogP contribution in [0, 0.1) is 0 Å². The number of amides is 1. The molecule has 0 unspecified atom stereocenters. The Hall–Kier alpha value is -2.81. The number of nitrogens with zero attached hydrogens (tertiary/aromatic N) is 4. The molecule has 3 aromatic rings. The average molecular weight is 418 g/mol. The quantitative estimate of drug-likeness (QED) is 0.613. The number of fused-ring (bicyclic) bond motifs is 1. The van der Waals surface area contributed by atoms with Crippen molar-refractivity contribution >= 4 is 33.3 Å². The van der Waals surface area contributed by atoms with Crippen molar-refractivity contribution in [1.29, 1.82) is 0 Å². The first-order valence-corrected chi connectivity index (χ1v) is 10.2. The average Bonchev–Trinajstić information content (AvgIpc) is 3.22. The first-order valence-electron chi connectivity index (χ1n) is 9.35. The van der Waals surface area contributed by atoms with Crippen LogP contribution in [0.15, 0.2) is 42.0 Å². The fourth-order valence-corrected chi connectivity index (χ4v) is 4.17. The van der Waals surface area contributed by atoms with E-state index in [0.29, 0.717) is 25.9 Å². The van der Waals surface area contributed by atoms with E-state index in [9.17, 15) is 13.6 Å². The minimum atomic E-state index is -2.83. The van der Waals surface area contributed by atoms with Gasteiger partial charge in [-0.1, -0.05) is 12.1 Å². The van der Waals surface area contributed by atoms with Gasteiger partial charge in [-0.05, 0) is 35.6 Å². The summed E-state index contributed by atoms with van der Waals surface area (Å²) in [6.07, 6.45) is 2.54. The van der Waals surface area contributed by atoms with E-state index in [1.807, 2.05) is 16.3 Å². The molecular weight excluding hydrogens is 398 g/mol. The number of benzene rings is 1. The molecule has 0 N–H and O–H groups in total. The van der Waals surface area contributed by atoms with Crippen molar-refractivity contribution in [1.82, 2.24) is 14.9 Å². The Bertz CT molecular complexity index is 972. The first kappa shape index (κ1) is 19.5. The summed E-state index contributed by atoms with van der Waals surface area (Å²) in [5.41, 5.74) is 0.916. The Morgan fingerprint density at radius 3 is 2.59 bits per heavy atom. The zero-order valence-electron chi connectivity index (χ0n) is 15.6. The summed E-state index contributed by atoms with van der Waals surface area (Å²) in [7, 11) is 0. The highest BCUT2D eigenvalue weighted by Gasteiger charge is 2.23.